The highest BCUT2D eigenvalue weighted by atomic mass is 19.1. The molecule has 1 unspecified atom stereocenters. The fraction of sp³-hybridized carbons (Fsp3) is 0.579. The minimum atomic E-state index is -0.256. The van der Waals surface area contributed by atoms with Crippen molar-refractivity contribution in [2.45, 2.75) is 51.6 Å². The number of carbonyl (C=O) groups is 1. The maximum atomic E-state index is 13.2. The Morgan fingerprint density at radius 3 is 2.63 bits per heavy atom. The van der Waals surface area contributed by atoms with E-state index in [1.54, 1.807) is 16.8 Å². The lowest BCUT2D eigenvalue weighted by molar-refractivity contribution is -0.123. The molecule has 8 heteroatoms. The number of aromatic nitrogens is 4. The summed E-state index contributed by atoms with van der Waals surface area (Å²) in [5.74, 6) is 0.323. The van der Waals surface area contributed by atoms with Crippen molar-refractivity contribution in [1.29, 1.82) is 0 Å². The number of nitrogens with two attached hydrogens (primary N) is 1. The van der Waals surface area contributed by atoms with Gasteiger partial charge in [-0.1, -0.05) is 31.9 Å². The zero-order valence-electron chi connectivity index (χ0n) is 15.7. The maximum absolute atomic E-state index is 13.2. The van der Waals surface area contributed by atoms with Crippen molar-refractivity contribution in [3.05, 3.63) is 41.5 Å². The quantitative estimate of drug-likeness (QED) is 0.766. The fourth-order valence-electron chi connectivity index (χ4n) is 3.69. The highest BCUT2D eigenvalue weighted by molar-refractivity contribution is 5.76. The molecule has 0 saturated carbocycles. The Bertz CT molecular complexity index is 739. The van der Waals surface area contributed by atoms with E-state index in [-0.39, 0.29) is 23.7 Å². The molecular weight excluding hydrogens is 347 g/mol. The molecule has 0 bridgehead atoms. The van der Waals surface area contributed by atoms with Gasteiger partial charge in [-0.25, -0.2) is 9.07 Å². The van der Waals surface area contributed by atoms with Crippen LogP contribution in [0.2, 0.25) is 0 Å². The molecule has 1 aromatic heterocycles. The molecule has 3 rings (SSSR count). The van der Waals surface area contributed by atoms with Crippen LogP contribution in [-0.4, -0.2) is 44.1 Å². The number of halogens is 1. The topological polar surface area (TPSA) is 89.9 Å². The number of hydrogen-bond donors (Lipinski definition) is 1. The van der Waals surface area contributed by atoms with Gasteiger partial charge < -0.3 is 5.73 Å². The fourth-order valence-corrected chi connectivity index (χ4v) is 3.69. The average molecular weight is 374 g/mol. The van der Waals surface area contributed by atoms with Gasteiger partial charge in [0.25, 0.3) is 0 Å². The second kappa shape index (κ2) is 9.03. The summed E-state index contributed by atoms with van der Waals surface area (Å²) in [6.45, 7) is 4.29. The van der Waals surface area contributed by atoms with Crippen LogP contribution in [0.5, 0.6) is 0 Å². The molecule has 2 heterocycles. The summed E-state index contributed by atoms with van der Waals surface area (Å²) in [5.41, 5.74) is 6.41. The first-order valence-electron chi connectivity index (χ1n) is 9.62. The number of rotatable bonds is 8. The Hall–Kier alpha value is -2.35. The summed E-state index contributed by atoms with van der Waals surface area (Å²) >= 11 is 0. The smallest absolute Gasteiger partial charge is 0.220 e. The van der Waals surface area contributed by atoms with E-state index in [9.17, 15) is 9.18 Å². The van der Waals surface area contributed by atoms with E-state index in [2.05, 4.69) is 27.3 Å². The molecule has 1 fully saturated rings. The Morgan fingerprint density at radius 1 is 1.30 bits per heavy atom. The number of hydrogen-bond acceptors (Lipinski definition) is 5. The number of unbranched alkanes of at least 4 members (excludes halogenated alkanes) is 1. The van der Waals surface area contributed by atoms with Gasteiger partial charge in [0.05, 0.1) is 12.6 Å². The third kappa shape index (κ3) is 4.88. The number of nitrogens with zero attached hydrogens (tertiary/aromatic N) is 5. The van der Waals surface area contributed by atoms with Crippen LogP contribution in [0, 0.1) is 11.7 Å². The van der Waals surface area contributed by atoms with Crippen LogP contribution in [0.1, 0.15) is 56.5 Å². The highest BCUT2D eigenvalue weighted by Gasteiger charge is 2.31. The molecule has 27 heavy (non-hydrogen) atoms. The lowest BCUT2D eigenvalue weighted by Crippen LogP contribution is -2.41. The van der Waals surface area contributed by atoms with Gasteiger partial charge in [0, 0.05) is 5.92 Å². The van der Waals surface area contributed by atoms with Gasteiger partial charge >= 0.3 is 0 Å². The molecule has 7 nitrogen and oxygen atoms in total. The first kappa shape index (κ1) is 19.4. The largest absolute Gasteiger partial charge is 0.369 e. The van der Waals surface area contributed by atoms with Crippen molar-refractivity contribution in [3.63, 3.8) is 0 Å². The van der Waals surface area contributed by atoms with E-state index in [4.69, 9.17) is 5.73 Å². The second-order valence-electron chi connectivity index (χ2n) is 7.19. The molecule has 1 amide bonds. The molecule has 0 aliphatic carbocycles. The zero-order valence-corrected chi connectivity index (χ0v) is 15.7. The van der Waals surface area contributed by atoms with Crippen LogP contribution < -0.4 is 5.73 Å². The highest BCUT2D eigenvalue weighted by Crippen LogP contribution is 2.29. The van der Waals surface area contributed by atoms with Crippen molar-refractivity contribution in [3.8, 4) is 0 Å². The van der Waals surface area contributed by atoms with Crippen LogP contribution >= 0.6 is 0 Å². The average Bonchev–Trinajstić information content (AvgIpc) is 3.12. The van der Waals surface area contributed by atoms with Gasteiger partial charge in [-0.15, -0.1) is 5.10 Å². The summed E-state index contributed by atoms with van der Waals surface area (Å²) in [5, 5.41) is 12.4. The molecule has 1 atom stereocenters. The lowest BCUT2D eigenvalue weighted by Gasteiger charge is -2.36. The minimum absolute atomic E-state index is 0.0386. The van der Waals surface area contributed by atoms with E-state index < -0.39 is 0 Å². The molecular formula is C19H27FN6O. The minimum Gasteiger partial charge on any atom is -0.369 e. The van der Waals surface area contributed by atoms with Gasteiger partial charge in [-0.3, -0.25) is 9.69 Å². The first-order valence-corrected chi connectivity index (χ1v) is 9.62. The first-order chi connectivity index (χ1) is 13.1. The zero-order chi connectivity index (χ0) is 19.2. The lowest BCUT2D eigenvalue weighted by atomic mass is 9.94. The monoisotopic (exact) mass is 374 g/mol. The van der Waals surface area contributed by atoms with Gasteiger partial charge in [-0.2, -0.15) is 0 Å². The van der Waals surface area contributed by atoms with E-state index in [1.807, 2.05) is 0 Å². The van der Waals surface area contributed by atoms with Crippen LogP contribution in [0.4, 0.5) is 4.39 Å². The van der Waals surface area contributed by atoms with Crippen LogP contribution in [-0.2, 0) is 11.3 Å². The van der Waals surface area contributed by atoms with Gasteiger partial charge in [0.2, 0.25) is 5.91 Å². The number of amides is 1. The normalized spacial score (nSPS) is 17.1. The molecule has 1 saturated heterocycles. The third-order valence-corrected chi connectivity index (χ3v) is 5.31. The summed E-state index contributed by atoms with van der Waals surface area (Å²) in [6.07, 6.45) is 4.67. The number of likely N-dealkylation sites (tertiary alicyclic amines) is 1. The Morgan fingerprint density at radius 2 is 2.00 bits per heavy atom. The summed E-state index contributed by atoms with van der Waals surface area (Å²) in [6, 6.07) is 6.50. The van der Waals surface area contributed by atoms with Crippen LogP contribution in [0.3, 0.4) is 0 Å². The van der Waals surface area contributed by atoms with E-state index in [1.165, 1.54) is 12.1 Å². The van der Waals surface area contributed by atoms with E-state index in [0.717, 1.165) is 56.6 Å². The second-order valence-corrected chi connectivity index (χ2v) is 7.19. The van der Waals surface area contributed by atoms with Crippen molar-refractivity contribution in [2.75, 3.05) is 13.1 Å². The van der Waals surface area contributed by atoms with Gasteiger partial charge in [0.1, 0.15) is 5.82 Å². The molecule has 1 aliphatic rings. The Labute approximate surface area is 158 Å². The predicted molar refractivity (Wildman–Crippen MR) is 99.1 cm³/mol. The van der Waals surface area contributed by atoms with Crippen LogP contribution in [0.15, 0.2) is 24.3 Å². The molecule has 1 aromatic carbocycles. The third-order valence-electron chi connectivity index (χ3n) is 5.31. The SMILES string of the molecule is CCCCC(c1nnnn1Cc1ccc(F)cc1)N1CCC(C(N)=O)CC1. The summed E-state index contributed by atoms with van der Waals surface area (Å²) in [4.78, 5) is 13.8. The number of primary amides is 1. The summed E-state index contributed by atoms with van der Waals surface area (Å²) in [7, 11) is 0. The van der Waals surface area contributed by atoms with Crippen molar-refractivity contribution in [2.24, 2.45) is 11.7 Å². The van der Waals surface area contributed by atoms with Crippen molar-refractivity contribution in [1.82, 2.24) is 25.1 Å². The van der Waals surface area contributed by atoms with Crippen LogP contribution in [0.25, 0.3) is 0 Å². The predicted octanol–water partition coefficient (Wildman–Crippen LogP) is 2.29. The van der Waals surface area contributed by atoms with Gasteiger partial charge in [-0.05, 0) is 60.5 Å². The van der Waals surface area contributed by atoms with Crippen molar-refractivity contribution >= 4 is 5.91 Å². The Kier molecular flexibility index (Phi) is 6.49. The molecule has 2 N–H and O–H groups in total. The summed E-state index contributed by atoms with van der Waals surface area (Å²) < 4.78 is 15.0. The number of tetrazole rings is 1. The van der Waals surface area contributed by atoms with E-state index >= 15 is 0 Å². The molecule has 146 valence electrons. The molecule has 2 aromatic rings. The maximum Gasteiger partial charge on any atom is 0.220 e. The van der Waals surface area contributed by atoms with Gasteiger partial charge in [0.15, 0.2) is 5.82 Å². The van der Waals surface area contributed by atoms with E-state index in [0.29, 0.717) is 6.54 Å². The molecule has 0 spiro atoms. The molecule has 0 radical (unpaired) electrons. The number of piperidine rings is 1. The Balaban J connectivity index is 1.76. The molecule has 1 aliphatic heterocycles. The standard InChI is InChI=1S/C19H27FN6O/c1-2-3-4-17(25-11-9-15(10-12-25)18(21)27)19-22-23-24-26(19)13-14-5-7-16(20)8-6-14/h5-8,15,17H,2-4,9-13H2,1H3,(H2,21,27). The van der Waals surface area contributed by atoms with Crippen molar-refractivity contribution < 1.29 is 9.18 Å². The number of benzene rings is 1. The number of carbonyl (C=O) groups excluding carboxylic acids is 1.